The highest BCUT2D eigenvalue weighted by molar-refractivity contribution is 14.1. The molecule has 0 radical (unpaired) electrons. The molecule has 0 bridgehead atoms. The third kappa shape index (κ3) is 2.53. The first-order chi connectivity index (χ1) is 9.19. The Labute approximate surface area is 134 Å². The molecule has 0 aliphatic carbocycles. The fourth-order valence-electron chi connectivity index (χ4n) is 2.14. The van der Waals surface area contributed by atoms with E-state index in [4.69, 9.17) is 11.6 Å². The van der Waals surface area contributed by atoms with Crippen LogP contribution in [0.1, 0.15) is 16.3 Å². The molecule has 3 aromatic rings. The van der Waals surface area contributed by atoms with Crippen LogP contribution in [0.25, 0.3) is 11.0 Å². The maximum Gasteiger partial charge on any atom is 0.125 e. The van der Waals surface area contributed by atoms with E-state index < -0.39 is 0 Å². The average molecular weight is 403 g/mol. The van der Waals surface area contributed by atoms with Gasteiger partial charge in [0.2, 0.25) is 0 Å². The van der Waals surface area contributed by atoms with E-state index >= 15 is 0 Å². The fourth-order valence-corrected chi connectivity index (χ4v) is 3.71. The van der Waals surface area contributed by atoms with E-state index in [1.165, 1.54) is 14.0 Å². The molecule has 98 valence electrons. The Morgan fingerprint density at radius 3 is 2.89 bits per heavy atom. The number of aryl methyl sites for hydroxylation is 1. The van der Waals surface area contributed by atoms with Crippen LogP contribution in [-0.4, -0.2) is 9.55 Å². The Bertz CT molecular complexity index is 732. The van der Waals surface area contributed by atoms with Gasteiger partial charge in [0.1, 0.15) is 5.82 Å². The van der Waals surface area contributed by atoms with Crippen LogP contribution >= 0.6 is 45.5 Å². The number of aromatic nitrogens is 2. The lowest BCUT2D eigenvalue weighted by Gasteiger charge is -2.07. The summed E-state index contributed by atoms with van der Waals surface area (Å²) in [6.07, 6.45) is 0. The zero-order valence-corrected chi connectivity index (χ0v) is 14.1. The molecule has 0 amide bonds. The summed E-state index contributed by atoms with van der Waals surface area (Å²) in [7, 11) is 0. The third-order valence-corrected chi connectivity index (χ3v) is 5.10. The van der Waals surface area contributed by atoms with Crippen molar-refractivity contribution < 1.29 is 0 Å². The van der Waals surface area contributed by atoms with Crippen LogP contribution in [0.2, 0.25) is 0 Å². The normalized spacial score (nSPS) is 11.3. The summed E-state index contributed by atoms with van der Waals surface area (Å²) < 4.78 is 3.42. The van der Waals surface area contributed by atoms with Gasteiger partial charge in [-0.25, -0.2) is 4.98 Å². The summed E-state index contributed by atoms with van der Waals surface area (Å²) in [5.41, 5.74) is 3.51. The van der Waals surface area contributed by atoms with Gasteiger partial charge in [-0.05, 0) is 64.7 Å². The number of alkyl halides is 1. The molecule has 2 heterocycles. The molecule has 5 heteroatoms. The number of benzene rings is 1. The fraction of sp³-hybridized carbons (Fsp3) is 0.214. The maximum atomic E-state index is 6.04. The number of imidazole rings is 1. The zero-order valence-electron chi connectivity index (χ0n) is 10.4. The van der Waals surface area contributed by atoms with Gasteiger partial charge in [0.15, 0.2) is 0 Å². The molecule has 19 heavy (non-hydrogen) atoms. The second kappa shape index (κ2) is 5.42. The van der Waals surface area contributed by atoms with Crippen molar-refractivity contribution in [3.63, 3.8) is 0 Å². The Morgan fingerprint density at radius 2 is 2.21 bits per heavy atom. The van der Waals surface area contributed by atoms with E-state index in [0.717, 1.165) is 23.4 Å². The zero-order chi connectivity index (χ0) is 13.4. The molecule has 0 fully saturated rings. The number of rotatable bonds is 3. The molecular weight excluding hydrogens is 391 g/mol. The van der Waals surface area contributed by atoms with E-state index in [1.54, 1.807) is 11.3 Å². The maximum absolute atomic E-state index is 6.04. The van der Waals surface area contributed by atoms with Gasteiger partial charge in [0.25, 0.3) is 0 Å². The molecule has 3 rings (SSSR count). The third-order valence-electron chi connectivity index (χ3n) is 3.18. The van der Waals surface area contributed by atoms with Crippen molar-refractivity contribution in [2.24, 2.45) is 0 Å². The number of thiophene rings is 1. The first-order valence-corrected chi connectivity index (χ1v) is 8.42. The van der Waals surface area contributed by atoms with Crippen LogP contribution in [0.4, 0.5) is 0 Å². The van der Waals surface area contributed by atoms with Crippen molar-refractivity contribution in [2.75, 3.05) is 0 Å². The van der Waals surface area contributed by atoms with Crippen molar-refractivity contribution in [3.8, 4) is 0 Å². The summed E-state index contributed by atoms with van der Waals surface area (Å²) >= 11 is 10.1. The van der Waals surface area contributed by atoms with Crippen molar-refractivity contribution in [1.29, 1.82) is 0 Å². The standard InChI is InChI=1S/C14H12ClIN2S/c1-9-4-5-19-13(9)8-18-12-3-2-10(16)6-11(12)17-14(18)7-15/h2-6H,7-8H2,1H3. The number of fused-ring (bicyclic) bond motifs is 1. The van der Waals surface area contributed by atoms with Crippen LogP contribution in [0, 0.1) is 10.5 Å². The molecule has 0 saturated carbocycles. The molecule has 1 aromatic carbocycles. The monoisotopic (exact) mass is 402 g/mol. The second-order valence-corrected chi connectivity index (χ2v) is 6.92. The molecule has 0 atom stereocenters. The summed E-state index contributed by atoms with van der Waals surface area (Å²) in [6.45, 7) is 3.00. The van der Waals surface area contributed by atoms with E-state index in [0.29, 0.717) is 5.88 Å². The minimum absolute atomic E-state index is 0.440. The Morgan fingerprint density at radius 1 is 1.37 bits per heavy atom. The van der Waals surface area contributed by atoms with Crippen molar-refractivity contribution in [3.05, 3.63) is 49.5 Å². The average Bonchev–Trinajstić information content (AvgIpc) is 2.94. The molecule has 2 aromatic heterocycles. The highest BCUT2D eigenvalue weighted by atomic mass is 127. The predicted octanol–water partition coefficient (Wildman–Crippen LogP) is 4.80. The van der Waals surface area contributed by atoms with Gasteiger partial charge in [-0.15, -0.1) is 22.9 Å². The first kappa shape index (κ1) is 13.4. The van der Waals surface area contributed by atoms with Crippen LogP contribution in [-0.2, 0) is 12.4 Å². The van der Waals surface area contributed by atoms with Gasteiger partial charge in [0.05, 0.1) is 23.5 Å². The molecule has 0 saturated heterocycles. The van der Waals surface area contributed by atoms with E-state index in [1.807, 2.05) is 0 Å². The smallest absolute Gasteiger partial charge is 0.125 e. The van der Waals surface area contributed by atoms with Gasteiger partial charge >= 0.3 is 0 Å². The second-order valence-electron chi connectivity index (χ2n) is 4.41. The molecule has 0 spiro atoms. The lowest BCUT2D eigenvalue weighted by atomic mass is 10.3. The van der Waals surface area contributed by atoms with Crippen LogP contribution in [0.3, 0.4) is 0 Å². The first-order valence-electron chi connectivity index (χ1n) is 5.92. The van der Waals surface area contributed by atoms with Gasteiger partial charge in [0, 0.05) is 8.45 Å². The SMILES string of the molecule is Cc1ccsc1Cn1c(CCl)nc2cc(I)ccc21. The number of halogens is 2. The van der Waals surface area contributed by atoms with Crippen molar-refractivity contribution >= 4 is 56.6 Å². The largest absolute Gasteiger partial charge is 0.322 e. The Hall–Kier alpha value is -0.590. The highest BCUT2D eigenvalue weighted by Crippen LogP contribution is 2.24. The minimum Gasteiger partial charge on any atom is -0.322 e. The topological polar surface area (TPSA) is 17.8 Å². The van der Waals surface area contributed by atoms with Gasteiger partial charge in [-0.3, -0.25) is 0 Å². The Balaban J connectivity index is 2.13. The lowest BCUT2D eigenvalue weighted by Crippen LogP contribution is -2.03. The van der Waals surface area contributed by atoms with Crippen molar-refractivity contribution in [1.82, 2.24) is 9.55 Å². The van der Waals surface area contributed by atoms with Crippen LogP contribution < -0.4 is 0 Å². The van der Waals surface area contributed by atoms with Gasteiger partial charge in [-0.1, -0.05) is 0 Å². The summed E-state index contributed by atoms with van der Waals surface area (Å²) in [6, 6.07) is 8.50. The van der Waals surface area contributed by atoms with E-state index in [2.05, 4.69) is 68.7 Å². The lowest BCUT2D eigenvalue weighted by molar-refractivity contribution is 0.786. The number of hydrogen-bond donors (Lipinski definition) is 0. The summed E-state index contributed by atoms with van der Waals surface area (Å²) in [5, 5.41) is 2.13. The van der Waals surface area contributed by atoms with Crippen LogP contribution in [0.5, 0.6) is 0 Å². The van der Waals surface area contributed by atoms with Crippen molar-refractivity contribution in [2.45, 2.75) is 19.3 Å². The molecular formula is C14H12ClIN2S. The van der Waals surface area contributed by atoms with E-state index in [9.17, 15) is 0 Å². The van der Waals surface area contributed by atoms with Gasteiger partial charge in [-0.2, -0.15) is 0 Å². The van der Waals surface area contributed by atoms with Crippen LogP contribution in [0.15, 0.2) is 29.6 Å². The Kier molecular flexibility index (Phi) is 3.82. The van der Waals surface area contributed by atoms with E-state index in [-0.39, 0.29) is 0 Å². The minimum atomic E-state index is 0.440. The summed E-state index contributed by atoms with van der Waals surface area (Å²) in [4.78, 5) is 6.00. The summed E-state index contributed by atoms with van der Waals surface area (Å²) in [5.74, 6) is 1.38. The molecule has 0 unspecified atom stereocenters. The molecule has 0 aliphatic rings. The number of nitrogens with zero attached hydrogens (tertiary/aromatic N) is 2. The molecule has 0 N–H and O–H groups in total. The predicted molar refractivity (Wildman–Crippen MR) is 90.2 cm³/mol. The molecule has 0 aliphatic heterocycles. The molecule has 2 nitrogen and oxygen atoms in total. The number of hydrogen-bond acceptors (Lipinski definition) is 2. The quantitative estimate of drug-likeness (QED) is 0.454. The highest BCUT2D eigenvalue weighted by Gasteiger charge is 2.12. The van der Waals surface area contributed by atoms with Gasteiger partial charge < -0.3 is 4.57 Å².